The van der Waals surface area contributed by atoms with Crippen LogP contribution in [0.5, 0.6) is 0 Å². The first-order valence-electron chi connectivity index (χ1n) is 9.96. The normalized spacial score (nSPS) is 18.5. The Morgan fingerprint density at radius 3 is 2.87 bits per heavy atom. The van der Waals surface area contributed by atoms with Crippen molar-refractivity contribution in [3.8, 4) is 6.07 Å². The molecule has 0 radical (unpaired) electrons. The van der Waals surface area contributed by atoms with E-state index in [1.165, 1.54) is 18.5 Å². The predicted octanol–water partition coefficient (Wildman–Crippen LogP) is 3.50. The summed E-state index contributed by atoms with van der Waals surface area (Å²) in [5.41, 5.74) is 3.05. The summed E-state index contributed by atoms with van der Waals surface area (Å²) in [7, 11) is 2.04. The third-order valence-electron chi connectivity index (χ3n) is 5.52. The lowest BCUT2D eigenvalue weighted by molar-refractivity contribution is -0.111. The van der Waals surface area contributed by atoms with Crippen molar-refractivity contribution >= 4 is 28.6 Å². The Balaban J connectivity index is 1.52. The summed E-state index contributed by atoms with van der Waals surface area (Å²) < 4.78 is 2.14. The molecule has 2 heterocycles. The van der Waals surface area contributed by atoms with Crippen LogP contribution in [0.25, 0.3) is 11.0 Å². The molecule has 1 fully saturated rings. The van der Waals surface area contributed by atoms with Crippen molar-refractivity contribution in [2.45, 2.75) is 37.6 Å². The molecule has 1 amide bonds. The van der Waals surface area contributed by atoms with E-state index in [1.54, 1.807) is 0 Å². The minimum absolute atomic E-state index is 0.239. The zero-order valence-corrected chi connectivity index (χ0v) is 16.8. The molecule has 8 nitrogen and oxygen atoms in total. The van der Waals surface area contributed by atoms with Crippen LogP contribution in [0.2, 0.25) is 0 Å². The van der Waals surface area contributed by atoms with Gasteiger partial charge in [0, 0.05) is 24.7 Å². The Kier molecular flexibility index (Phi) is 5.44. The van der Waals surface area contributed by atoms with Crippen LogP contribution in [0.15, 0.2) is 43.2 Å². The molecule has 4 rings (SSSR count). The zero-order valence-electron chi connectivity index (χ0n) is 16.8. The van der Waals surface area contributed by atoms with Gasteiger partial charge in [0.25, 0.3) is 0 Å². The molecule has 30 heavy (non-hydrogen) atoms. The number of rotatable bonds is 5. The number of aryl methyl sites for hydroxylation is 1. The Hall–Kier alpha value is -3.73. The average molecular weight is 401 g/mol. The number of carbonyl (C=O) groups is 1. The Labute approximate surface area is 174 Å². The molecule has 0 bridgehead atoms. The van der Waals surface area contributed by atoms with Crippen LogP contribution in [0.1, 0.15) is 43.0 Å². The number of amides is 1. The summed E-state index contributed by atoms with van der Waals surface area (Å²) in [6.45, 7) is 3.48. The van der Waals surface area contributed by atoms with Gasteiger partial charge in [-0.05, 0) is 43.5 Å². The first-order chi connectivity index (χ1) is 14.6. The summed E-state index contributed by atoms with van der Waals surface area (Å²) in [6.07, 6.45) is 8.45. The van der Waals surface area contributed by atoms with E-state index in [9.17, 15) is 4.79 Å². The highest BCUT2D eigenvalue weighted by atomic mass is 16.1. The van der Waals surface area contributed by atoms with E-state index in [2.05, 4.69) is 31.7 Å². The van der Waals surface area contributed by atoms with Gasteiger partial charge in [-0.15, -0.1) is 0 Å². The van der Waals surface area contributed by atoms with Gasteiger partial charge < -0.3 is 15.2 Å². The maximum absolute atomic E-state index is 11.6. The molecule has 0 saturated heterocycles. The molecule has 0 spiro atoms. The van der Waals surface area contributed by atoms with Gasteiger partial charge in [0.1, 0.15) is 11.9 Å². The molecular weight excluding hydrogens is 378 g/mol. The number of benzene rings is 1. The smallest absolute Gasteiger partial charge is 0.247 e. The van der Waals surface area contributed by atoms with Crippen molar-refractivity contribution in [3.63, 3.8) is 0 Å². The first-order valence-corrected chi connectivity index (χ1v) is 9.96. The molecule has 1 aliphatic rings. The van der Waals surface area contributed by atoms with Crippen LogP contribution in [0, 0.1) is 11.3 Å². The number of aromatic nitrogens is 4. The predicted molar refractivity (Wildman–Crippen MR) is 115 cm³/mol. The topological polar surface area (TPSA) is 109 Å². The Morgan fingerprint density at radius 2 is 2.13 bits per heavy atom. The van der Waals surface area contributed by atoms with E-state index in [1.807, 2.05) is 31.3 Å². The van der Waals surface area contributed by atoms with Gasteiger partial charge in [-0.25, -0.2) is 15.0 Å². The fourth-order valence-corrected chi connectivity index (χ4v) is 4.05. The van der Waals surface area contributed by atoms with Gasteiger partial charge in [0.05, 0.1) is 29.0 Å². The van der Waals surface area contributed by atoms with Crippen molar-refractivity contribution in [2.24, 2.45) is 7.05 Å². The summed E-state index contributed by atoms with van der Waals surface area (Å²) in [5.74, 6) is 1.67. The molecule has 2 atom stereocenters. The van der Waals surface area contributed by atoms with Crippen LogP contribution in [-0.4, -0.2) is 31.5 Å². The lowest BCUT2D eigenvalue weighted by Gasteiger charge is -2.29. The number of nitrogens with one attached hydrogen (secondary N) is 2. The van der Waals surface area contributed by atoms with Crippen LogP contribution >= 0.6 is 0 Å². The second-order valence-electron chi connectivity index (χ2n) is 7.54. The first kappa shape index (κ1) is 19.6. The number of hydrogen-bond donors (Lipinski definition) is 2. The molecule has 1 saturated carbocycles. The van der Waals surface area contributed by atoms with E-state index >= 15 is 0 Å². The number of imidazole rings is 1. The maximum atomic E-state index is 11.6. The number of hydrogen-bond acceptors (Lipinski definition) is 6. The molecule has 152 valence electrons. The van der Waals surface area contributed by atoms with Crippen LogP contribution in [-0.2, 0) is 11.8 Å². The highest BCUT2D eigenvalue weighted by Crippen LogP contribution is 2.35. The summed E-state index contributed by atoms with van der Waals surface area (Å²) >= 11 is 0. The third kappa shape index (κ3) is 4.01. The number of nitrogens with zero attached hydrogens (tertiary/aromatic N) is 5. The molecule has 2 N–H and O–H groups in total. The van der Waals surface area contributed by atoms with E-state index in [0.29, 0.717) is 23.1 Å². The summed E-state index contributed by atoms with van der Waals surface area (Å²) in [4.78, 5) is 24.9. The largest absolute Gasteiger partial charge is 0.351 e. The lowest BCUT2D eigenvalue weighted by atomic mass is 9.85. The van der Waals surface area contributed by atoms with E-state index in [-0.39, 0.29) is 11.9 Å². The van der Waals surface area contributed by atoms with Crippen molar-refractivity contribution in [1.29, 1.82) is 5.26 Å². The minimum atomic E-state index is -0.239. The molecule has 1 aromatic carbocycles. The van der Waals surface area contributed by atoms with Crippen molar-refractivity contribution < 1.29 is 4.79 Å². The SMILES string of the molecule is C=CC(=O)Nc1ccc2c(c1)nc([C@H]1CCC[C@@H](Nc3ncc(C#N)cn3)C1)n2C. The molecule has 0 unspecified atom stereocenters. The average Bonchev–Trinajstić information content (AvgIpc) is 3.10. The van der Waals surface area contributed by atoms with Gasteiger partial charge in [-0.2, -0.15) is 5.26 Å². The van der Waals surface area contributed by atoms with Gasteiger partial charge in [0.2, 0.25) is 11.9 Å². The number of fused-ring (bicyclic) bond motifs is 1. The molecule has 1 aliphatic carbocycles. The van der Waals surface area contributed by atoms with E-state index in [0.717, 1.165) is 42.5 Å². The highest BCUT2D eigenvalue weighted by Gasteiger charge is 2.27. The quantitative estimate of drug-likeness (QED) is 0.634. The maximum Gasteiger partial charge on any atom is 0.247 e. The lowest BCUT2D eigenvalue weighted by Crippen LogP contribution is -2.28. The Bertz CT molecular complexity index is 1130. The third-order valence-corrected chi connectivity index (χ3v) is 5.52. The second-order valence-corrected chi connectivity index (χ2v) is 7.54. The summed E-state index contributed by atoms with van der Waals surface area (Å²) in [5, 5.41) is 15.1. The van der Waals surface area contributed by atoms with Crippen molar-refractivity contribution in [3.05, 3.63) is 54.6 Å². The standard InChI is InChI=1S/C22H23N7O/c1-3-20(30)26-17-7-8-19-18(10-17)28-21(29(19)2)15-5-4-6-16(9-15)27-22-24-12-14(11-23)13-25-22/h3,7-8,10,12-13,15-16H,1,4-6,9H2,2H3,(H,26,30)(H,24,25,27)/t15-,16+/m0/s1. The van der Waals surface area contributed by atoms with Crippen molar-refractivity contribution in [1.82, 2.24) is 19.5 Å². The monoisotopic (exact) mass is 401 g/mol. The van der Waals surface area contributed by atoms with Gasteiger partial charge in [0.15, 0.2) is 0 Å². The fourth-order valence-electron chi connectivity index (χ4n) is 4.05. The molecule has 8 heteroatoms. The number of carbonyl (C=O) groups excluding carboxylic acids is 1. The Morgan fingerprint density at radius 1 is 1.33 bits per heavy atom. The molecule has 3 aromatic rings. The molecular formula is C22H23N7O. The zero-order chi connectivity index (χ0) is 21.1. The summed E-state index contributed by atoms with van der Waals surface area (Å²) in [6, 6.07) is 8.03. The minimum Gasteiger partial charge on any atom is -0.351 e. The molecule has 0 aliphatic heterocycles. The second kappa shape index (κ2) is 8.33. The number of nitriles is 1. The van der Waals surface area contributed by atoms with E-state index < -0.39 is 0 Å². The van der Waals surface area contributed by atoms with Crippen LogP contribution in [0.4, 0.5) is 11.6 Å². The van der Waals surface area contributed by atoms with Crippen molar-refractivity contribution in [2.75, 3.05) is 10.6 Å². The van der Waals surface area contributed by atoms with Crippen LogP contribution in [0.3, 0.4) is 0 Å². The van der Waals surface area contributed by atoms with Gasteiger partial charge >= 0.3 is 0 Å². The van der Waals surface area contributed by atoms with E-state index in [4.69, 9.17) is 10.2 Å². The highest BCUT2D eigenvalue weighted by molar-refractivity contribution is 6.00. The van der Waals surface area contributed by atoms with Gasteiger partial charge in [-0.1, -0.05) is 13.0 Å². The number of anilines is 2. The fraction of sp³-hybridized carbons (Fsp3) is 0.318. The van der Waals surface area contributed by atoms with Crippen LogP contribution < -0.4 is 10.6 Å². The van der Waals surface area contributed by atoms with Gasteiger partial charge in [-0.3, -0.25) is 4.79 Å². The molecule has 2 aromatic heterocycles.